The Balaban J connectivity index is 1.32. The van der Waals surface area contributed by atoms with Gasteiger partial charge in [0.05, 0.1) is 45.0 Å². The van der Waals surface area contributed by atoms with Crippen molar-refractivity contribution in [3.05, 3.63) is 57.5 Å². The number of fused-ring (bicyclic) bond motifs is 1. The molecule has 0 bridgehead atoms. The lowest BCUT2D eigenvalue weighted by molar-refractivity contribution is -0.148. The number of aryl methyl sites for hydroxylation is 2. The summed E-state index contributed by atoms with van der Waals surface area (Å²) in [5, 5.41) is 14.8. The number of carboxylic acids is 1. The summed E-state index contributed by atoms with van der Waals surface area (Å²) in [4.78, 5) is 94.2. The normalized spacial score (nSPS) is 12.2. The molecule has 3 rings (SSSR count). The zero-order valence-corrected chi connectivity index (χ0v) is 31.1. The standard InChI is InChI=1S/C37H50N6O12/c1-23(21-28(45)12-15-53-18-17-52-14-11-24(2)44)33(48)39-13-16-54-19-20-55-36(51)29(9-10-30(46)47)41-34(49)26-6-3-25(4-7-26)5-8-27-22-40-32-31(27)35(50)43-37(38)42-32/h3-4,6-7,22-23,29H,5,8-21H2,1-2H3,(H,39,48)(H,41,49)(H,46,47)(H4,38,40,42,43,50)/t23-,29-/m0/s1. The first-order valence-corrected chi connectivity index (χ1v) is 18.0. The molecule has 18 heteroatoms. The van der Waals surface area contributed by atoms with Gasteiger partial charge in [0.25, 0.3) is 11.5 Å². The molecule has 2 aromatic heterocycles. The Morgan fingerprint density at radius 1 is 0.891 bits per heavy atom. The Labute approximate surface area is 317 Å². The minimum Gasteiger partial charge on any atom is -0.481 e. The number of ether oxygens (including phenoxy) is 4. The number of carbonyl (C=O) groups is 6. The zero-order chi connectivity index (χ0) is 40.2. The number of nitrogens with zero attached hydrogens (tertiary/aromatic N) is 1. The van der Waals surface area contributed by atoms with E-state index in [1.54, 1.807) is 37.4 Å². The lowest BCUT2D eigenvalue weighted by atomic mass is 10.0. The SMILES string of the molecule is CC(=O)CCOCCOCCC(=O)C[C@H](C)C(=O)NCCOCCOC(=O)[C@H](CCC(=O)O)NC(=O)c1ccc(CCc2c[nH]c3nc(N)[nH]c(=O)c23)cc1. The first kappa shape index (κ1) is 43.9. The molecule has 0 fully saturated rings. The molecule has 0 radical (unpaired) electrons. The van der Waals surface area contributed by atoms with Crippen molar-refractivity contribution in [1.29, 1.82) is 0 Å². The molecule has 0 saturated heterocycles. The number of hydrogen-bond acceptors (Lipinski definition) is 13. The molecule has 300 valence electrons. The van der Waals surface area contributed by atoms with Crippen LogP contribution in [0.4, 0.5) is 5.95 Å². The molecule has 0 spiro atoms. The van der Waals surface area contributed by atoms with Gasteiger partial charge in [-0.2, -0.15) is 4.98 Å². The number of nitrogen functional groups attached to an aromatic ring is 1. The topological polar surface area (TPSA) is 271 Å². The number of rotatable bonds is 27. The van der Waals surface area contributed by atoms with Crippen LogP contribution in [0.1, 0.15) is 67.4 Å². The number of benzene rings is 1. The summed E-state index contributed by atoms with van der Waals surface area (Å²) in [6, 6.07) is 5.42. The predicted molar refractivity (Wildman–Crippen MR) is 198 cm³/mol. The van der Waals surface area contributed by atoms with E-state index in [-0.39, 0.29) is 93.2 Å². The van der Waals surface area contributed by atoms with Crippen LogP contribution in [0.25, 0.3) is 11.0 Å². The monoisotopic (exact) mass is 770 g/mol. The number of amides is 2. The second-order valence-electron chi connectivity index (χ2n) is 12.8. The largest absolute Gasteiger partial charge is 0.481 e. The molecule has 7 N–H and O–H groups in total. The molecule has 18 nitrogen and oxygen atoms in total. The first-order chi connectivity index (χ1) is 26.3. The summed E-state index contributed by atoms with van der Waals surface area (Å²) < 4.78 is 21.2. The van der Waals surface area contributed by atoms with E-state index < -0.39 is 29.8 Å². The zero-order valence-electron chi connectivity index (χ0n) is 31.1. The van der Waals surface area contributed by atoms with E-state index in [1.165, 1.54) is 6.92 Å². The molecule has 2 atom stereocenters. The number of carboxylic acid groups (broad SMARTS) is 1. The van der Waals surface area contributed by atoms with E-state index in [2.05, 4.69) is 25.6 Å². The van der Waals surface area contributed by atoms with Gasteiger partial charge in [0.15, 0.2) is 0 Å². The number of Topliss-reactive ketones (excluding diaryl/α,β-unsaturated/α-hetero) is 2. The average Bonchev–Trinajstić information content (AvgIpc) is 3.55. The number of aromatic amines is 2. The third kappa shape index (κ3) is 16.2. The summed E-state index contributed by atoms with van der Waals surface area (Å²) >= 11 is 0. The Morgan fingerprint density at radius 3 is 2.25 bits per heavy atom. The summed E-state index contributed by atoms with van der Waals surface area (Å²) in [6.45, 7) is 4.36. The van der Waals surface area contributed by atoms with Crippen molar-refractivity contribution in [1.82, 2.24) is 25.6 Å². The van der Waals surface area contributed by atoms with Crippen LogP contribution >= 0.6 is 0 Å². The molecule has 0 aliphatic carbocycles. The van der Waals surface area contributed by atoms with E-state index >= 15 is 0 Å². The van der Waals surface area contributed by atoms with Crippen molar-refractivity contribution in [2.24, 2.45) is 5.92 Å². The van der Waals surface area contributed by atoms with Crippen molar-refractivity contribution >= 4 is 52.3 Å². The molecule has 1 aromatic carbocycles. The Kier molecular flexibility index (Phi) is 18.7. The van der Waals surface area contributed by atoms with Crippen molar-refractivity contribution in [3.63, 3.8) is 0 Å². The van der Waals surface area contributed by atoms with Gasteiger partial charge in [0.2, 0.25) is 11.9 Å². The van der Waals surface area contributed by atoms with Gasteiger partial charge in [-0.3, -0.25) is 33.8 Å². The van der Waals surface area contributed by atoms with E-state index in [9.17, 15) is 33.6 Å². The Morgan fingerprint density at radius 2 is 1.56 bits per heavy atom. The molecular formula is C37H50N6O12. The van der Waals surface area contributed by atoms with Crippen molar-refractivity contribution in [3.8, 4) is 0 Å². The molecule has 2 amide bonds. The first-order valence-electron chi connectivity index (χ1n) is 18.0. The van der Waals surface area contributed by atoms with Crippen LogP contribution < -0.4 is 21.9 Å². The minimum atomic E-state index is -1.22. The molecule has 0 unspecified atom stereocenters. The maximum atomic E-state index is 13.0. The summed E-state index contributed by atoms with van der Waals surface area (Å²) in [7, 11) is 0. The molecular weight excluding hydrogens is 720 g/mol. The average molecular weight is 771 g/mol. The third-order valence-corrected chi connectivity index (χ3v) is 8.27. The number of hydrogen-bond donors (Lipinski definition) is 6. The summed E-state index contributed by atoms with van der Waals surface area (Å²) in [5.74, 6) is -3.49. The summed E-state index contributed by atoms with van der Waals surface area (Å²) in [6.07, 6.45) is 2.76. The maximum absolute atomic E-state index is 13.0. The Bertz CT molecular complexity index is 1810. The fourth-order valence-electron chi connectivity index (χ4n) is 5.26. The number of nitrogens with two attached hydrogens (primary N) is 1. The van der Waals surface area contributed by atoms with Gasteiger partial charge in [-0.05, 0) is 49.4 Å². The quantitative estimate of drug-likeness (QED) is 0.0471. The van der Waals surface area contributed by atoms with Crippen molar-refractivity contribution in [2.45, 2.75) is 64.8 Å². The van der Waals surface area contributed by atoms with E-state index in [0.717, 1.165) is 11.1 Å². The van der Waals surface area contributed by atoms with E-state index in [1.807, 2.05) is 0 Å². The van der Waals surface area contributed by atoms with Crippen LogP contribution in [0.15, 0.2) is 35.3 Å². The number of ketones is 2. The van der Waals surface area contributed by atoms with Crippen molar-refractivity contribution < 1.29 is 52.8 Å². The molecule has 3 aromatic rings. The number of aliphatic carboxylic acids is 1. The van der Waals surface area contributed by atoms with Gasteiger partial charge in [0.1, 0.15) is 29.9 Å². The Hall–Kier alpha value is -5.46. The van der Waals surface area contributed by atoms with Crippen LogP contribution in [-0.2, 0) is 55.8 Å². The fraction of sp³-hybridized carbons (Fsp3) is 0.514. The van der Waals surface area contributed by atoms with Gasteiger partial charge in [-0.15, -0.1) is 0 Å². The smallest absolute Gasteiger partial charge is 0.328 e. The van der Waals surface area contributed by atoms with Gasteiger partial charge >= 0.3 is 11.9 Å². The molecule has 55 heavy (non-hydrogen) atoms. The van der Waals surface area contributed by atoms with Gasteiger partial charge < -0.3 is 45.4 Å². The van der Waals surface area contributed by atoms with E-state index in [4.69, 9.17) is 29.8 Å². The number of esters is 1. The van der Waals surface area contributed by atoms with Crippen LogP contribution in [-0.4, -0.2) is 114 Å². The number of nitrogens with one attached hydrogen (secondary N) is 4. The highest BCUT2D eigenvalue weighted by atomic mass is 16.6. The molecule has 0 aliphatic rings. The van der Waals surface area contributed by atoms with Crippen LogP contribution in [0.2, 0.25) is 0 Å². The number of carbonyl (C=O) groups excluding carboxylic acids is 5. The lowest BCUT2D eigenvalue weighted by Crippen LogP contribution is -2.42. The maximum Gasteiger partial charge on any atom is 0.328 e. The number of H-pyrrole nitrogens is 2. The fourth-order valence-corrected chi connectivity index (χ4v) is 5.26. The summed E-state index contributed by atoms with van der Waals surface area (Å²) in [5.41, 5.74) is 7.55. The number of anilines is 1. The minimum absolute atomic E-state index is 0.0164. The van der Waals surface area contributed by atoms with Crippen LogP contribution in [0, 0.1) is 5.92 Å². The van der Waals surface area contributed by atoms with E-state index in [0.29, 0.717) is 50.1 Å². The van der Waals surface area contributed by atoms with Gasteiger partial charge in [-0.25, -0.2) is 4.79 Å². The molecule has 0 aliphatic heterocycles. The van der Waals surface area contributed by atoms with Gasteiger partial charge in [-0.1, -0.05) is 19.1 Å². The highest BCUT2D eigenvalue weighted by Gasteiger charge is 2.24. The van der Waals surface area contributed by atoms with Crippen LogP contribution in [0.5, 0.6) is 0 Å². The van der Waals surface area contributed by atoms with Gasteiger partial charge in [0, 0.05) is 49.9 Å². The third-order valence-electron chi connectivity index (χ3n) is 8.27. The lowest BCUT2D eigenvalue weighted by Gasteiger charge is -2.17. The molecule has 2 heterocycles. The second-order valence-corrected chi connectivity index (χ2v) is 12.8. The van der Waals surface area contributed by atoms with Crippen LogP contribution in [0.3, 0.4) is 0 Å². The second kappa shape index (κ2) is 23.4. The number of aromatic nitrogens is 3. The van der Waals surface area contributed by atoms with Crippen molar-refractivity contribution in [2.75, 3.05) is 58.5 Å². The highest BCUT2D eigenvalue weighted by molar-refractivity contribution is 5.97. The predicted octanol–water partition coefficient (Wildman–Crippen LogP) is 1.26. The highest BCUT2D eigenvalue weighted by Crippen LogP contribution is 2.16. The molecule has 0 saturated carbocycles.